The zero-order valence-electron chi connectivity index (χ0n) is 19.8. The number of benzene rings is 2. The van der Waals surface area contributed by atoms with Gasteiger partial charge in [-0.1, -0.05) is 18.2 Å². The second kappa shape index (κ2) is 10.6. The minimum atomic E-state index is 0.0357. The molecule has 0 atom stereocenters. The molecule has 0 radical (unpaired) electrons. The van der Waals surface area contributed by atoms with E-state index in [1.54, 1.807) is 18.5 Å². The van der Waals surface area contributed by atoms with Gasteiger partial charge >= 0.3 is 0 Å². The summed E-state index contributed by atoms with van der Waals surface area (Å²) >= 11 is 0. The molecule has 180 valence electrons. The Kier molecular flexibility index (Phi) is 6.90. The third kappa shape index (κ3) is 4.97. The van der Waals surface area contributed by atoms with Crippen LogP contribution in [-0.4, -0.2) is 71.3 Å². The Labute approximate surface area is 204 Å². The number of aromatic nitrogens is 3. The molecule has 0 unspecified atom stereocenters. The summed E-state index contributed by atoms with van der Waals surface area (Å²) in [7, 11) is 0. The van der Waals surface area contributed by atoms with Gasteiger partial charge in [0, 0.05) is 62.5 Å². The first-order valence-corrected chi connectivity index (χ1v) is 12.0. The average molecular weight is 472 g/mol. The van der Waals surface area contributed by atoms with Crippen molar-refractivity contribution >= 4 is 22.5 Å². The fraction of sp³-hybridized carbons (Fsp3) is 0.296. The normalized spacial score (nSPS) is 13.9. The fourth-order valence-electron chi connectivity index (χ4n) is 4.39. The summed E-state index contributed by atoms with van der Waals surface area (Å²) in [6.45, 7) is 6.67. The maximum absolute atomic E-state index is 13.5. The van der Waals surface area contributed by atoms with E-state index < -0.39 is 0 Å². The number of carbonyl (C=O) groups is 1. The van der Waals surface area contributed by atoms with Gasteiger partial charge in [-0.05, 0) is 43.3 Å². The number of carbonyl (C=O) groups excluding carboxylic acids is 1. The van der Waals surface area contributed by atoms with E-state index in [1.165, 1.54) is 0 Å². The predicted octanol–water partition coefficient (Wildman–Crippen LogP) is 3.80. The zero-order chi connectivity index (χ0) is 24.0. The predicted molar refractivity (Wildman–Crippen MR) is 135 cm³/mol. The van der Waals surface area contributed by atoms with E-state index in [0.717, 1.165) is 35.4 Å². The SMILES string of the molecule is CCOCCOc1ccc(N2CCN(C(=O)c3cn(-c4ncccn4)c4ccccc34)CC2)cc1. The molecule has 2 aromatic carbocycles. The molecule has 3 heterocycles. The largest absolute Gasteiger partial charge is 0.491 e. The minimum Gasteiger partial charge on any atom is -0.491 e. The summed E-state index contributed by atoms with van der Waals surface area (Å²) in [5.74, 6) is 1.42. The van der Waals surface area contributed by atoms with Crippen molar-refractivity contribution in [2.45, 2.75) is 6.92 Å². The van der Waals surface area contributed by atoms with Crippen molar-refractivity contribution in [1.29, 1.82) is 0 Å². The van der Waals surface area contributed by atoms with E-state index in [0.29, 0.717) is 44.4 Å². The number of amides is 1. The highest BCUT2D eigenvalue weighted by Gasteiger charge is 2.25. The summed E-state index contributed by atoms with van der Waals surface area (Å²) < 4.78 is 12.9. The lowest BCUT2D eigenvalue weighted by Gasteiger charge is -2.36. The van der Waals surface area contributed by atoms with Crippen LogP contribution >= 0.6 is 0 Å². The van der Waals surface area contributed by atoms with Gasteiger partial charge in [-0.25, -0.2) is 9.97 Å². The zero-order valence-corrected chi connectivity index (χ0v) is 19.8. The van der Waals surface area contributed by atoms with Gasteiger partial charge in [0.25, 0.3) is 5.91 Å². The number of para-hydroxylation sites is 1. The maximum Gasteiger partial charge on any atom is 0.256 e. The van der Waals surface area contributed by atoms with Crippen molar-refractivity contribution in [2.75, 3.05) is 50.9 Å². The van der Waals surface area contributed by atoms with Crippen LogP contribution in [0.2, 0.25) is 0 Å². The van der Waals surface area contributed by atoms with Crippen LogP contribution in [0.1, 0.15) is 17.3 Å². The molecule has 35 heavy (non-hydrogen) atoms. The van der Waals surface area contributed by atoms with Crippen molar-refractivity contribution in [3.8, 4) is 11.7 Å². The Hall–Kier alpha value is -3.91. The Morgan fingerprint density at radius 3 is 2.40 bits per heavy atom. The van der Waals surface area contributed by atoms with E-state index >= 15 is 0 Å². The van der Waals surface area contributed by atoms with Crippen molar-refractivity contribution in [3.05, 3.63) is 78.8 Å². The summed E-state index contributed by atoms with van der Waals surface area (Å²) in [6, 6.07) is 17.8. The highest BCUT2D eigenvalue weighted by atomic mass is 16.5. The van der Waals surface area contributed by atoms with Crippen LogP contribution in [0.3, 0.4) is 0 Å². The van der Waals surface area contributed by atoms with Gasteiger partial charge in [0.05, 0.1) is 17.7 Å². The molecule has 1 aliphatic rings. The van der Waals surface area contributed by atoms with Gasteiger partial charge in [0.2, 0.25) is 5.95 Å². The van der Waals surface area contributed by atoms with E-state index in [1.807, 2.05) is 59.0 Å². The maximum atomic E-state index is 13.5. The molecule has 1 aliphatic heterocycles. The van der Waals surface area contributed by atoms with Gasteiger partial charge in [0.15, 0.2) is 0 Å². The first-order chi connectivity index (χ1) is 17.2. The smallest absolute Gasteiger partial charge is 0.256 e. The number of piperazine rings is 1. The average Bonchev–Trinajstić information content (AvgIpc) is 3.31. The third-order valence-electron chi connectivity index (χ3n) is 6.18. The molecule has 0 aliphatic carbocycles. The third-order valence-corrected chi connectivity index (χ3v) is 6.18. The molecule has 0 saturated carbocycles. The van der Waals surface area contributed by atoms with Gasteiger partial charge in [-0.2, -0.15) is 0 Å². The molecule has 2 aromatic heterocycles. The molecule has 1 saturated heterocycles. The first kappa shape index (κ1) is 22.9. The van der Waals surface area contributed by atoms with Crippen molar-refractivity contribution < 1.29 is 14.3 Å². The van der Waals surface area contributed by atoms with E-state index in [-0.39, 0.29) is 5.91 Å². The summed E-state index contributed by atoms with van der Waals surface area (Å²) in [5, 5.41) is 0.910. The van der Waals surface area contributed by atoms with Crippen molar-refractivity contribution in [3.63, 3.8) is 0 Å². The number of hydrogen-bond acceptors (Lipinski definition) is 6. The van der Waals surface area contributed by atoms with Crippen molar-refractivity contribution in [1.82, 2.24) is 19.4 Å². The van der Waals surface area contributed by atoms with Gasteiger partial charge in [-0.15, -0.1) is 0 Å². The molecule has 8 heteroatoms. The van der Waals surface area contributed by atoms with Crippen LogP contribution in [0.4, 0.5) is 5.69 Å². The highest BCUT2D eigenvalue weighted by molar-refractivity contribution is 6.07. The molecule has 4 aromatic rings. The molecular formula is C27H29N5O3. The lowest BCUT2D eigenvalue weighted by molar-refractivity contribution is 0.0748. The number of hydrogen-bond donors (Lipinski definition) is 0. The van der Waals surface area contributed by atoms with E-state index in [9.17, 15) is 4.79 Å². The highest BCUT2D eigenvalue weighted by Crippen LogP contribution is 2.26. The molecular weight excluding hydrogens is 442 g/mol. The number of fused-ring (bicyclic) bond motifs is 1. The van der Waals surface area contributed by atoms with Gasteiger partial charge in [-0.3, -0.25) is 9.36 Å². The Balaban J connectivity index is 1.25. The topological polar surface area (TPSA) is 72.7 Å². The van der Waals surface area contributed by atoms with Gasteiger partial charge < -0.3 is 19.3 Å². The first-order valence-electron chi connectivity index (χ1n) is 12.0. The fourth-order valence-corrected chi connectivity index (χ4v) is 4.39. The van der Waals surface area contributed by atoms with Crippen LogP contribution in [0.15, 0.2) is 73.2 Å². The number of ether oxygens (including phenoxy) is 2. The number of rotatable bonds is 8. The van der Waals surface area contributed by atoms with Crippen LogP contribution in [-0.2, 0) is 4.74 Å². The summed E-state index contributed by atoms with van der Waals surface area (Å²) in [5.41, 5.74) is 2.73. The van der Waals surface area contributed by atoms with E-state index in [2.05, 4.69) is 27.0 Å². The Morgan fingerprint density at radius 2 is 1.66 bits per heavy atom. The van der Waals surface area contributed by atoms with Gasteiger partial charge in [0.1, 0.15) is 12.4 Å². The number of anilines is 1. The second-order valence-corrected chi connectivity index (χ2v) is 8.30. The van der Waals surface area contributed by atoms with E-state index in [4.69, 9.17) is 9.47 Å². The molecule has 8 nitrogen and oxygen atoms in total. The molecule has 5 rings (SSSR count). The van der Waals surface area contributed by atoms with Crippen LogP contribution in [0.25, 0.3) is 16.9 Å². The van der Waals surface area contributed by atoms with Crippen LogP contribution in [0, 0.1) is 0 Å². The molecule has 1 amide bonds. The monoisotopic (exact) mass is 471 g/mol. The molecule has 1 fully saturated rings. The molecule has 0 bridgehead atoms. The lowest BCUT2D eigenvalue weighted by atomic mass is 10.1. The van der Waals surface area contributed by atoms with Crippen LogP contribution in [0.5, 0.6) is 5.75 Å². The second-order valence-electron chi connectivity index (χ2n) is 8.30. The quantitative estimate of drug-likeness (QED) is 0.364. The summed E-state index contributed by atoms with van der Waals surface area (Å²) in [6.07, 6.45) is 5.27. The molecule has 0 spiro atoms. The lowest BCUT2D eigenvalue weighted by Crippen LogP contribution is -2.48. The standard InChI is InChI=1S/C27H29N5O3/c1-2-34-18-19-35-22-10-8-21(9-11-22)30-14-16-31(17-15-30)26(33)24-20-32(27-28-12-5-13-29-27)25-7-4-3-6-23(24)25/h3-13,20H,2,14-19H2,1H3. The molecule has 0 N–H and O–H groups in total. The Morgan fingerprint density at radius 1 is 0.914 bits per heavy atom. The Bertz CT molecular complexity index is 1270. The summed E-state index contributed by atoms with van der Waals surface area (Å²) in [4.78, 5) is 26.5. The minimum absolute atomic E-state index is 0.0357. The van der Waals surface area contributed by atoms with Crippen LogP contribution < -0.4 is 9.64 Å². The van der Waals surface area contributed by atoms with Crippen molar-refractivity contribution in [2.24, 2.45) is 0 Å². The number of nitrogens with zero attached hydrogens (tertiary/aromatic N) is 5.